The van der Waals surface area contributed by atoms with Gasteiger partial charge in [0.2, 0.25) is 0 Å². The summed E-state index contributed by atoms with van der Waals surface area (Å²) in [4.78, 5) is 2.32. The van der Waals surface area contributed by atoms with Gasteiger partial charge in [0.05, 0.1) is 0 Å². The van der Waals surface area contributed by atoms with Crippen LogP contribution in [-0.4, -0.2) is 24.8 Å². The number of benzene rings is 1. The topological polar surface area (TPSA) is 49.5 Å². The fourth-order valence-electron chi connectivity index (χ4n) is 2.27. The molecule has 1 aliphatic heterocycles. The summed E-state index contributed by atoms with van der Waals surface area (Å²) in [6.45, 7) is 4.32. The van der Waals surface area contributed by atoms with E-state index in [1.165, 1.54) is 5.69 Å². The third-order valence-corrected chi connectivity index (χ3v) is 3.41. The van der Waals surface area contributed by atoms with Crippen molar-refractivity contribution in [1.82, 2.24) is 0 Å². The predicted octanol–water partition coefficient (Wildman–Crippen LogP) is 1.79. The Morgan fingerprint density at radius 3 is 3.00 bits per heavy atom. The summed E-state index contributed by atoms with van der Waals surface area (Å²) in [5.74, 6) is 0.413. The van der Waals surface area contributed by atoms with Crippen LogP contribution in [0.15, 0.2) is 18.2 Å². The van der Waals surface area contributed by atoms with Crippen molar-refractivity contribution in [3.05, 3.63) is 23.8 Å². The summed E-state index contributed by atoms with van der Waals surface area (Å²) in [5.41, 5.74) is 9.08. The highest BCUT2D eigenvalue weighted by Crippen LogP contribution is 2.25. The largest absolute Gasteiger partial charge is 0.398 e. The minimum Gasteiger partial charge on any atom is -0.398 e. The molecule has 1 heterocycles. The van der Waals surface area contributed by atoms with Crippen LogP contribution in [0.1, 0.15) is 18.4 Å². The van der Waals surface area contributed by atoms with Gasteiger partial charge >= 0.3 is 0 Å². The summed E-state index contributed by atoms with van der Waals surface area (Å²) in [7, 11) is 0. The number of aryl methyl sites for hydroxylation is 1. The first-order valence-corrected chi connectivity index (χ1v) is 5.92. The first kappa shape index (κ1) is 11.3. The zero-order valence-electron chi connectivity index (χ0n) is 9.82. The van der Waals surface area contributed by atoms with Crippen LogP contribution in [0.25, 0.3) is 0 Å². The van der Waals surface area contributed by atoms with Crippen LogP contribution in [0.2, 0.25) is 0 Å². The molecule has 0 spiro atoms. The molecule has 0 aromatic heterocycles. The lowest BCUT2D eigenvalue weighted by Gasteiger charge is -2.33. The number of hydrogen-bond donors (Lipinski definition) is 2. The van der Waals surface area contributed by atoms with Gasteiger partial charge in [0.25, 0.3) is 0 Å². The number of nitrogen functional groups attached to an aromatic ring is 1. The summed E-state index contributed by atoms with van der Waals surface area (Å²) in [6, 6.07) is 6.22. The molecule has 16 heavy (non-hydrogen) atoms. The number of nitrogens with zero attached hydrogens (tertiary/aromatic N) is 1. The number of piperidine rings is 1. The van der Waals surface area contributed by atoms with E-state index in [4.69, 9.17) is 5.73 Å². The second-order valence-electron chi connectivity index (χ2n) is 4.68. The van der Waals surface area contributed by atoms with Crippen molar-refractivity contribution in [3.63, 3.8) is 0 Å². The Hall–Kier alpha value is -1.22. The highest BCUT2D eigenvalue weighted by molar-refractivity contribution is 5.59. The Labute approximate surface area is 96.9 Å². The van der Waals surface area contributed by atoms with Crippen molar-refractivity contribution in [2.45, 2.75) is 19.8 Å². The van der Waals surface area contributed by atoms with Crippen molar-refractivity contribution in [1.29, 1.82) is 0 Å². The Kier molecular flexibility index (Phi) is 3.34. The van der Waals surface area contributed by atoms with E-state index in [0.717, 1.165) is 37.2 Å². The molecule has 1 aromatic carbocycles. The SMILES string of the molecule is Cc1ccc(N2CCCC(CO)C2)cc1N. The summed E-state index contributed by atoms with van der Waals surface area (Å²) in [5, 5.41) is 9.20. The third-order valence-electron chi connectivity index (χ3n) is 3.41. The smallest absolute Gasteiger partial charge is 0.0476 e. The molecule has 0 radical (unpaired) electrons. The summed E-state index contributed by atoms with van der Waals surface area (Å²) in [6.07, 6.45) is 2.29. The predicted molar refractivity (Wildman–Crippen MR) is 67.6 cm³/mol. The zero-order chi connectivity index (χ0) is 11.5. The van der Waals surface area contributed by atoms with Crippen molar-refractivity contribution in [2.75, 3.05) is 30.3 Å². The maximum atomic E-state index is 9.20. The van der Waals surface area contributed by atoms with Crippen LogP contribution >= 0.6 is 0 Å². The van der Waals surface area contributed by atoms with Gasteiger partial charge in [-0.3, -0.25) is 0 Å². The van der Waals surface area contributed by atoms with E-state index < -0.39 is 0 Å². The minimum absolute atomic E-state index is 0.290. The van der Waals surface area contributed by atoms with E-state index in [1.807, 2.05) is 13.0 Å². The Balaban J connectivity index is 2.13. The molecule has 1 aromatic rings. The summed E-state index contributed by atoms with van der Waals surface area (Å²) >= 11 is 0. The van der Waals surface area contributed by atoms with Gasteiger partial charge in [0, 0.05) is 31.1 Å². The van der Waals surface area contributed by atoms with Gasteiger partial charge in [-0.05, 0) is 43.4 Å². The molecular weight excluding hydrogens is 200 g/mol. The van der Waals surface area contributed by atoms with Gasteiger partial charge in [-0.25, -0.2) is 0 Å². The van der Waals surface area contributed by atoms with Crippen molar-refractivity contribution < 1.29 is 5.11 Å². The van der Waals surface area contributed by atoms with Crippen LogP contribution in [0.5, 0.6) is 0 Å². The van der Waals surface area contributed by atoms with Crippen LogP contribution < -0.4 is 10.6 Å². The van der Waals surface area contributed by atoms with E-state index in [1.54, 1.807) is 0 Å². The van der Waals surface area contributed by atoms with E-state index >= 15 is 0 Å². The maximum Gasteiger partial charge on any atom is 0.0476 e. The van der Waals surface area contributed by atoms with E-state index in [-0.39, 0.29) is 6.61 Å². The monoisotopic (exact) mass is 220 g/mol. The molecule has 1 saturated heterocycles. The van der Waals surface area contributed by atoms with Gasteiger partial charge in [-0.15, -0.1) is 0 Å². The summed E-state index contributed by atoms with van der Waals surface area (Å²) < 4.78 is 0. The normalized spacial score (nSPS) is 21.1. The highest BCUT2D eigenvalue weighted by atomic mass is 16.3. The highest BCUT2D eigenvalue weighted by Gasteiger charge is 2.19. The standard InChI is InChI=1S/C13H20N2O/c1-10-4-5-12(7-13(10)14)15-6-2-3-11(8-15)9-16/h4-5,7,11,16H,2-3,6,8-9,14H2,1H3. The molecule has 0 amide bonds. The van der Waals surface area contributed by atoms with Crippen molar-refractivity contribution in [2.24, 2.45) is 5.92 Å². The molecule has 1 atom stereocenters. The molecule has 88 valence electrons. The molecular formula is C13H20N2O. The fourth-order valence-corrected chi connectivity index (χ4v) is 2.27. The molecule has 2 rings (SSSR count). The number of aliphatic hydroxyl groups excluding tert-OH is 1. The number of hydrogen-bond acceptors (Lipinski definition) is 3. The average Bonchev–Trinajstić information content (AvgIpc) is 2.33. The molecule has 3 N–H and O–H groups in total. The van der Waals surface area contributed by atoms with Crippen LogP contribution in [0.3, 0.4) is 0 Å². The average molecular weight is 220 g/mol. The lowest BCUT2D eigenvalue weighted by Crippen LogP contribution is -2.36. The molecule has 0 bridgehead atoms. The van der Waals surface area contributed by atoms with Crippen LogP contribution in [0, 0.1) is 12.8 Å². The first-order chi connectivity index (χ1) is 7.70. The van der Waals surface area contributed by atoms with Gasteiger partial charge in [0.1, 0.15) is 0 Å². The maximum absolute atomic E-state index is 9.20. The molecule has 1 fully saturated rings. The molecule has 0 saturated carbocycles. The zero-order valence-corrected chi connectivity index (χ0v) is 9.82. The number of nitrogens with two attached hydrogens (primary N) is 1. The number of anilines is 2. The van der Waals surface area contributed by atoms with E-state index in [2.05, 4.69) is 17.0 Å². The van der Waals surface area contributed by atoms with Gasteiger partial charge in [-0.2, -0.15) is 0 Å². The fraction of sp³-hybridized carbons (Fsp3) is 0.538. The lowest BCUT2D eigenvalue weighted by atomic mass is 9.98. The molecule has 0 aliphatic carbocycles. The Bertz CT molecular complexity index is 365. The van der Waals surface area contributed by atoms with E-state index in [9.17, 15) is 5.11 Å². The first-order valence-electron chi connectivity index (χ1n) is 5.92. The molecule has 3 nitrogen and oxygen atoms in total. The van der Waals surface area contributed by atoms with Gasteiger partial charge in [-0.1, -0.05) is 6.07 Å². The third kappa shape index (κ3) is 2.30. The second-order valence-corrected chi connectivity index (χ2v) is 4.68. The molecule has 1 unspecified atom stereocenters. The van der Waals surface area contributed by atoms with Crippen molar-refractivity contribution in [3.8, 4) is 0 Å². The van der Waals surface area contributed by atoms with Crippen molar-refractivity contribution >= 4 is 11.4 Å². The minimum atomic E-state index is 0.290. The number of rotatable bonds is 2. The van der Waals surface area contributed by atoms with E-state index in [0.29, 0.717) is 5.92 Å². The van der Waals surface area contributed by atoms with Gasteiger partial charge < -0.3 is 15.7 Å². The second kappa shape index (κ2) is 4.74. The Morgan fingerprint density at radius 2 is 2.31 bits per heavy atom. The molecule has 1 aliphatic rings. The lowest BCUT2D eigenvalue weighted by molar-refractivity contribution is 0.209. The van der Waals surface area contributed by atoms with Crippen LogP contribution in [-0.2, 0) is 0 Å². The number of aliphatic hydroxyl groups is 1. The molecule has 3 heteroatoms. The quantitative estimate of drug-likeness (QED) is 0.747. The van der Waals surface area contributed by atoms with Gasteiger partial charge in [0.15, 0.2) is 0 Å². The van der Waals surface area contributed by atoms with Crippen LogP contribution in [0.4, 0.5) is 11.4 Å². The Morgan fingerprint density at radius 1 is 1.50 bits per heavy atom.